The third kappa shape index (κ3) is 7.39. The Morgan fingerprint density at radius 2 is 0.804 bits per heavy atom. The molecular weight excluding hydrogens is 782 g/mol. The van der Waals surface area contributed by atoms with E-state index in [-0.39, 0.29) is 61.7 Å². The summed E-state index contributed by atoms with van der Waals surface area (Å²) in [5.74, 6) is 0. The Morgan fingerprint density at radius 1 is 0.446 bits per heavy atom. The van der Waals surface area contributed by atoms with Gasteiger partial charge in [-0.2, -0.15) is 0 Å². The number of aromatic amines is 1. The molecule has 284 valence electrons. The number of aliphatic imine (C=N–C) groups is 2. The summed E-state index contributed by atoms with van der Waals surface area (Å²) in [5.41, 5.74) is 12.2. The highest BCUT2D eigenvalue weighted by atomic mass is 35.5. The number of allylic oxidation sites excluding steroid dienone is 4. The third-order valence-electron chi connectivity index (χ3n) is 10.3. The Labute approximate surface area is 351 Å². The predicted octanol–water partition coefficient (Wildman–Crippen LogP) is -9.52. The molecule has 0 radical (unpaired) electrons. The molecule has 2 atom stereocenters. The van der Waals surface area contributed by atoms with Crippen molar-refractivity contribution in [2.24, 2.45) is 38.2 Å². The first kappa shape index (κ1) is 41.9. The zero-order valence-electron chi connectivity index (χ0n) is 31.2. The number of rotatable bonds is 4. The summed E-state index contributed by atoms with van der Waals surface area (Å²) in [6, 6.07) is 29.4. The second-order valence-corrected chi connectivity index (χ2v) is 13.6. The minimum atomic E-state index is -0.105. The fourth-order valence-electron chi connectivity index (χ4n) is 7.76. The van der Waals surface area contributed by atoms with E-state index in [1.54, 1.807) is 0 Å². The molecule has 9 rings (SSSR count). The highest BCUT2D eigenvalue weighted by Crippen LogP contribution is 2.34. The first-order valence-corrected chi connectivity index (χ1v) is 17.7. The summed E-state index contributed by atoms with van der Waals surface area (Å²) in [6.07, 6.45) is 21.6. The minimum absolute atomic E-state index is 0. The Bertz CT molecular complexity index is 2500. The predicted molar refractivity (Wildman–Crippen MR) is 202 cm³/mol. The molecule has 0 spiro atoms. The highest BCUT2D eigenvalue weighted by Gasteiger charge is 2.36. The standard InChI is InChI=1S/C44H39N8.4ClH/c1-49-25-9-5-13-37(49)41-29-17-19-31(45-29)42(38-14-6-10-26-50(38)2)33-21-23-35(47-33)44(40-16-8-12-28-52(40)4)36-24-22-34(48-36)43(32-20-18-30(41)46-32)39-15-7-11-27-51(39)3;;;;/h5-29,31,45H,1-4H3;4*1H/q+3;;;;/p-3. The van der Waals surface area contributed by atoms with Gasteiger partial charge in [0.2, 0.25) is 22.8 Å². The van der Waals surface area contributed by atoms with Crippen LogP contribution in [0.15, 0.2) is 168 Å². The molecule has 0 fully saturated rings. The maximum atomic E-state index is 5.45. The maximum absolute atomic E-state index is 5.45. The highest BCUT2D eigenvalue weighted by molar-refractivity contribution is 6.30. The van der Waals surface area contributed by atoms with Gasteiger partial charge >= 0.3 is 0 Å². The van der Waals surface area contributed by atoms with E-state index in [4.69, 9.17) is 9.98 Å². The lowest BCUT2D eigenvalue weighted by atomic mass is 10.00. The number of hydrogen-bond acceptors (Lipinski definition) is 3. The van der Waals surface area contributed by atoms with Crippen LogP contribution in [0.2, 0.25) is 0 Å². The van der Waals surface area contributed by atoms with E-state index in [1.807, 2.05) is 0 Å². The summed E-state index contributed by atoms with van der Waals surface area (Å²) < 4.78 is 8.67. The van der Waals surface area contributed by atoms with E-state index in [9.17, 15) is 0 Å². The van der Waals surface area contributed by atoms with E-state index < -0.39 is 0 Å². The smallest absolute Gasteiger partial charge is 0.216 e. The Hall–Kier alpha value is -5.22. The maximum Gasteiger partial charge on any atom is 0.216 e. The summed E-state index contributed by atoms with van der Waals surface area (Å²) in [7, 11) is 8.37. The van der Waals surface area contributed by atoms with E-state index in [0.29, 0.717) is 0 Å². The molecule has 0 aromatic carbocycles. The van der Waals surface area contributed by atoms with Crippen molar-refractivity contribution in [3.63, 3.8) is 0 Å². The average Bonchev–Trinajstić information content (AvgIpc) is 3.99. The monoisotopic (exact) mass is 820 g/mol. The summed E-state index contributed by atoms with van der Waals surface area (Å²) in [4.78, 5) is 14.8. The van der Waals surface area contributed by atoms with Gasteiger partial charge in [-0.1, -0.05) is 12.2 Å². The molecule has 0 amide bonds. The molecular formula is C44H40Cl4N8. The van der Waals surface area contributed by atoms with Crippen molar-refractivity contribution in [2.75, 3.05) is 0 Å². The van der Waals surface area contributed by atoms with Crippen LogP contribution >= 0.6 is 0 Å². The second kappa shape index (κ2) is 17.3. The van der Waals surface area contributed by atoms with Crippen LogP contribution in [0.4, 0.5) is 0 Å². The van der Waals surface area contributed by atoms with Gasteiger partial charge in [0.25, 0.3) is 0 Å². The van der Waals surface area contributed by atoms with Crippen molar-refractivity contribution in [2.45, 2.75) is 12.1 Å². The first-order valence-electron chi connectivity index (χ1n) is 17.7. The van der Waals surface area contributed by atoms with Gasteiger partial charge in [-0.25, -0.2) is 28.3 Å². The van der Waals surface area contributed by atoms with E-state index in [1.165, 1.54) is 0 Å². The number of H-pyrrole nitrogens is 1. The third-order valence-corrected chi connectivity index (χ3v) is 10.3. The lowest BCUT2D eigenvalue weighted by molar-refractivity contribution is -0.674. The lowest BCUT2D eigenvalue weighted by Gasteiger charge is -2.20. The molecule has 4 aliphatic heterocycles. The molecule has 0 aliphatic carbocycles. The summed E-state index contributed by atoms with van der Waals surface area (Å²) >= 11 is 0. The van der Waals surface area contributed by atoms with Gasteiger partial charge < -0.3 is 54.6 Å². The molecule has 8 nitrogen and oxygen atoms in total. The van der Waals surface area contributed by atoms with Gasteiger partial charge in [-0.3, -0.25) is 5.32 Å². The number of nitrogens with zero attached hydrogens (tertiary/aromatic N) is 6. The molecule has 2 N–H and O–H groups in total. The number of hydrogen-bond donors (Lipinski definition) is 2. The second-order valence-electron chi connectivity index (χ2n) is 13.6. The molecule has 8 bridgehead atoms. The van der Waals surface area contributed by atoms with Crippen LogP contribution in [0.25, 0.3) is 22.3 Å². The van der Waals surface area contributed by atoms with Crippen molar-refractivity contribution in [3.05, 3.63) is 191 Å². The molecule has 56 heavy (non-hydrogen) atoms. The van der Waals surface area contributed by atoms with Gasteiger partial charge in [-0.05, 0) is 60.7 Å². The van der Waals surface area contributed by atoms with Crippen LogP contribution in [0.5, 0.6) is 0 Å². The first-order chi connectivity index (χ1) is 25.4. The van der Waals surface area contributed by atoms with Gasteiger partial charge in [0.05, 0.1) is 67.9 Å². The Morgan fingerprint density at radius 3 is 1.16 bits per heavy atom. The topological polar surface area (TPSA) is 68.1 Å². The Balaban J connectivity index is 0.00000150. The van der Waals surface area contributed by atoms with Crippen LogP contribution in [0.3, 0.4) is 0 Å². The normalized spacial score (nSPS) is 22.4. The summed E-state index contributed by atoms with van der Waals surface area (Å²) in [6.45, 7) is 0. The molecule has 9 heterocycles. The summed E-state index contributed by atoms with van der Waals surface area (Å²) in [5, 5.41) is 5.96. The zero-order valence-corrected chi connectivity index (χ0v) is 34.2. The fourth-order valence-corrected chi connectivity index (χ4v) is 7.76. The van der Waals surface area contributed by atoms with Gasteiger partial charge in [-0.15, -0.1) is 0 Å². The van der Waals surface area contributed by atoms with Gasteiger partial charge in [0, 0.05) is 48.5 Å². The van der Waals surface area contributed by atoms with Crippen molar-refractivity contribution in [3.8, 4) is 0 Å². The average molecular weight is 823 g/mol. The molecule has 5 aromatic heterocycles. The van der Waals surface area contributed by atoms with Crippen molar-refractivity contribution >= 4 is 33.7 Å². The van der Waals surface area contributed by atoms with Crippen molar-refractivity contribution in [1.29, 1.82) is 0 Å². The number of aryl methyl sites for hydroxylation is 4. The fraction of sp³-hybridized carbons (Fsp3) is 0.136. The van der Waals surface area contributed by atoms with Gasteiger partial charge in [0.15, 0.2) is 24.8 Å². The van der Waals surface area contributed by atoms with Crippen LogP contribution in [0.1, 0.15) is 22.8 Å². The molecule has 2 unspecified atom stereocenters. The van der Waals surface area contributed by atoms with Crippen LogP contribution in [-0.4, -0.2) is 28.5 Å². The minimum Gasteiger partial charge on any atom is -1.00 e. The van der Waals surface area contributed by atoms with Crippen LogP contribution < -0.4 is 83.9 Å². The quantitative estimate of drug-likeness (QED) is 0.138. The zero-order chi connectivity index (χ0) is 35.3. The number of halogens is 4. The Kier molecular flexibility index (Phi) is 12.9. The van der Waals surface area contributed by atoms with E-state index >= 15 is 0 Å². The number of fused-ring (bicyclic) bond motifs is 6. The van der Waals surface area contributed by atoms with Crippen molar-refractivity contribution in [1.82, 2.24) is 10.3 Å². The molecule has 0 saturated carbocycles. The number of nitrogens with one attached hydrogen (secondary N) is 2. The largest absolute Gasteiger partial charge is 1.00 e. The molecule has 12 heteroatoms. The van der Waals surface area contributed by atoms with Crippen LogP contribution in [0, 0.1) is 0 Å². The van der Waals surface area contributed by atoms with Crippen LogP contribution in [-0.2, 0) is 28.2 Å². The van der Waals surface area contributed by atoms with E-state index in [2.05, 4.69) is 203 Å². The molecule has 4 aliphatic rings. The SMILES string of the molecule is C[n+]1ccccc1/C1=c2\cc/c([nH]2)=C(\c2cccc[n+]2C)C2=N/C(=C(/c3cccc[n+]3C)C3C=CC(N3)/C(c3cccc[n+]3C)=C3/C=CC1=N3)C=C2.[Cl-].[Cl-].[Cl-].[Cl-]. The molecule has 5 aromatic rings. The van der Waals surface area contributed by atoms with E-state index in [0.717, 1.165) is 78.6 Å². The molecule has 0 saturated heterocycles. The number of pyridine rings is 4. The number of aromatic nitrogens is 5. The lowest BCUT2D eigenvalue weighted by Crippen LogP contribution is -3.00. The van der Waals surface area contributed by atoms with Crippen molar-refractivity contribution < 1.29 is 67.9 Å². The van der Waals surface area contributed by atoms with Gasteiger partial charge in [0.1, 0.15) is 28.2 Å².